The standard InChI is InChI=1S/C33H35N2/c1-20(2)15-23-10-12-28-27(18-23)26-11-9-21(3)30-32(26)35(28)29-19-24(16-22-7-5-6-8-22)17-25-13-14-34(4)33(30)31(25)29/h9-14,17-20,22H,5-8,15-16H2,1-4H3/q+1. The van der Waals surface area contributed by atoms with Gasteiger partial charge in [0, 0.05) is 16.8 Å². The molecule has 0 saturated heterocycles. The van der Waals surface area contributed by atoms with Crippen LogP contribution in [0.15, 0.2) is 54.7 Å². The lowest BCUT2D eigenvalue weighted by molar-refractivity contribution is -0.643. The molecular formula is C33H35N2+. The number of hydrogen-bond donors (Lipinski definition) is 0. The lowest BCUT2D eigenvalue weighted by atomic mass is 9.94. The van der Waals surface area contributed by atoms with Gasteiger partial charge in [0.05, 0.1) is 27.3 Å². The van der Waals surface area contributed by atoms with Crippen molar-refractivity contribution in [2.75, 3.05) is 0 Å². The van der Waals surface area contributed by atoms with E-state index in [4.69, 9.17) is 0 Å². The number of aromatic nitrogens is 2. The molecule has 3 aromatic carbocycles. The summed E-state index contributed by atoms with van der Waals surface area (Å²) in [6.45, 7) is 6.90. The molecule has 0 radical (unpaired) electrons. The van der Waals surface area contributed by atoms with Gasteiger partial charge in [-0.15, -0.1) is 0 Å². The van der Waals surface area contributed by atoms with E-state index in [0.29, 0.717) is 5.92 Å². The van der Waals surface area contributed by atoms with E-state index in [0.717, 1.165) is 12.3 Å². The van der Waals surface area contributed by atoms with Crippen molar-refractivity contribution in [3.05, 3.63) is 71.4 Å². The maximum absolute atomic E-state index is 2.60. The van der Waals surface area contributed by atoms with Crippen molar-refractivity contribution < 1.29 is 4.57 Å². The molecule has 0 bridgehead atoms. The minimum absolute atomic E-state index is 0.657. The quantitative estimate of drug-likeness (QED) is 0.143. The minimum Gasteiger partial charge on any atom is -0.307 e. The van der Waals surface area contributed by atoms with Crippen LogP contribution in [0.25, 0.3) is 49.0 Å². The summed E-state index contributed by atoms with van der Waals surface area (Å²) in [5, 5.41) is 6.95. The Kier molecular flexibility index (Phi) is 4.65. The summed E-state index contributed by atoms with van der Waals surface area (Å²) in [4.78, 5) is 0. The lowest BCUT2D eigenvalue weighted by Crippen LogP contribution is -2.29. The van der Waals surface area contributed by atoms with E-state index in [9.17, 15) is 0 Å². The second kappa shape index (κ2) is 7.68. The van der Waals surface area contributed by atoms with Crippen LogP contribution in [0.4, 0.5) is 0 Å². The van der Waals surface area contributed by atoms with Gasteiger partial charge in [-0.25, -0.2) is 4.57 Å². The molecule has 1 aliphatic rings. The summed E-state index contributed by atoms with van der Waals surface area (Å²) in [6, 6.07) is 19.2. The number of pyridine rings is 2. The molecule has 1 aliphatic carbocycles. The molecule has 3 aromatic heterocycles. The Bertz CT molecular complexity index is 1740. The van der Waals surface area contributed by atoms with Gasteiger partial charge in [0.15, 0.2) is 6.20 Å². The summed E-state index contributed by atoms with van der Waals surface area (Å²) in [6.07, 6.45) is 10.2. The summed E-state index contributed by atoms with van der Waals surface area (Å²) in [5.74, 6) is 1.50. The molecular weight excluding hydrogens is 424 g/mol. The van der Waals surface area contributed by atoms with Crippen LogP contribution in [-0.2, 0) is 19.9 Å². The van der Waals surface area contributed by atoms with Crippen LogP contribution < -0.4 is 4.57 Å². The number of nitrogens with zero attached hydrogens (tertiary/aromatic N) is 2. The van der Waals surface area contributed by atoms with Crippen molar-refractivity contribution in [3.8, 4) is 0 Å². The largest absolute Gasteiger partial charge is 0.307 e. The first-order valence-electron chi connectivity index (χ1n) is 13.5. The second-order valence-electron chi connectivity index (χ2n) is 11.6. The van der Waals surface area contributed by atoms with Gasteiger partial charge in [-0.1, -0.05) is 63.8 Å². The predicted molar refractivity (Wildman–Crippen MR) is 149 cm³/mol. The molecule has 0 aliphatic heterocycles. The zero-order valence-corrected chi connectivity index (χ0v) is 21.5. The van der Waals surface area contributed by atoms with E-state index < -0.39 is 0 Å². The van der Waals surface area contributed by atoms with Crippen LogP contribution in [0.5, 0.6) is 0 Å². The average Bonchev–Trinajstić information content (AvgIpc) is 3.45. The van der Waals surface area contributed by atoms with Gasteiger partial charge in [-0.3, -0.25) is 0 Å². The third kappa shape index (κ3) is 3.12. The summed E-state index contributed by atoms with van der Waals surface area (Å²) in [7, 11) is 2.21. The van der Waals surface area contributed by atoms with Crippen molar-refractivity contribution in [2.24, 2.45) is 18.9 Å². The van der Waals surface area contributed by atoms with Gasteiger partial charge in [0.1, 0.15) is 7.05 Å². The topological polar surface area (TPSA) is 8.29 Å². The van der Waals surface area contributed by atoms with Gasteiger partial charge in [-0.05, 0) is 71.9 Å². The number of aryl methyl sites for hydroxylation is 2. The second-order valence-corrected chi connectivity index (χ2v) is 11.6. The zero-order valence-electron chi connectivity index (χ0n) is 21.5. The first kappa shape index (κ1) is 21.2. The highest BCUT2D eigenvalue weighted by molar-refractivity contribution is 6.25. The Labute approximate surface area is 207 Å². The predicted octanol–water partition coefficient (Wildman–Crippen LogP) is 8.05. The summed E-state index contributed by atoms with van der Waals surface area (Å²) < 4.78 is 4.94. The molecule has 1 saturated carbocycles. The maximum Gasteiger partial charge on any atom is 0.224 e. The molecule has 2 nitrogen and oxygen atoms in total. The van der Waals surface area contributed by atoms with Crippen LogP contribution in [0, 0.1) is 18.8 Å². The van der Waals surface area contributed by atoms with Crippen molar-refractivity contribution in [2.45, 2.75) is 59.3 Å². The Balaban J connectivity index is 1.66. The first-order valence-corrected chi connectivity index (χ1v) is 13.5. The normalized spacial score (nSPS) is 15.3. The molecule has 176 valence electrons. The Morgan fingerprint density at radius 2 is 1.71 bits per heavy atom. The zero-order chi connectivity index (χ0) is 23.8. The third-order valence-corrected chi connectivity index (χ3v) is 8.60. The fraction of sp³-hybridized carbons (Fsp3) is 0.364. The van der Waals surface area contributed by atoms with E-state index in [1.165, 1.54) is 97.8 Å². The van der Waals surface area contributed by atoms with Crippen LogP contribution in [0.3, 0.4) is 0 Å². The average molecular weight is 460 g/mol. The number of rotatable bonds is 4. The molecule has 0 N–H and O–H groups in total. The molecule has 0 atom stereocenters. The van der Waals surface area contributed by atoms with Gasteiger partial charge in [0.25, 0.3) is 0 Å². The number of benzene rings is 3. The fourth-order valence-corrected chi connectivity index (χ4v) is 7.09. The van der Waals surface area contributed by atoms with Crippen LogP contribution in [0.1, 0.15) is 56.2 Å². The third-order valence-electron chi connectivity index (χ3n) is 8.60. The van der Waals surface area contributed by atoms with Gasteiger partial charge < -0.3 is 4.40 Å². The molecule has 35 heavy (non-hydrogen) atoms. The van der Waals surface area contributed by atoms with E-state index >= 15 is 0 Å². The SMILES string of the molecule is Cc1ccc2c3cc(CC(C)C)ccc3n3c4cc(CC5CCCC5)cc5cc[n+](C)c(c1c23)c54. The summed E-state index contributed by atoms with van der Waals surface area (Å²) >= 11 is 0. The smallest absolute Gasteiger partial charge is 0.224 e. The highest BCUT2D eigenvalue weighted by Gasteiger charge is 2.25. The molecule has 0 spiro atoms. The maximum atomic E-state index is 2.60. The lowest BCUT2D eigenvalue weighted by Gasteiger charge is -2.15. The molecule has 2 heteroatoms. The van der Waals surface area contributed by atoms with E-state index in [-0.39, 0.29) is 0 Å². The van der Waals surface area contributed by atoms with Crippen molar-refractivity contribution in [1.29, 1.82) is 0 Å². The number of fused-ring (bicyclic) bond motifs is 5. The Morgan fingerprint density at radius 3 is 2.51 bits per heavy atom. The van der Waals surface area contributed by atoms with E-state index in [1.807, 2.05) is 0 Å². The highest BCUT2D eigenvalue weighted by Crippen LogP contribution is 2.41. The van der Waals surface area contributed by atoms with Crippen molar-refractivity contribution in [1.82, 2.24) is 4.40 Å². The van der Waals surface area contributed by atoms with Crippen LogP contribution >= 0.6 is 0 Å². The molecule has 1 fully saturated rings. The minimum atomic E-state index is 0.657. The molecule has 6 aromatic rings. The molecule has 0 unspecified atom stereocenters. The van der Waals surface area contributed by atoms with Gasteiger partial charge >= 0.3 is 0 Å². The first-order chi connectivity index (χ1) is 17.0. The van der Waals surface area contributed by atoms with Crippen LogP contribution in [0.2, 0.25) is 0 Å². The Morgan fingerprint density at radius 1 is 0.886 bits per heavy atom. The fourth-order valence-electron chi connectivity index (χ4n) is 7.09. The molecule has 7 rings (SSSR count). The molecule has 3 heterocycles. The van der Waals surface area contributed by atoms with Crippen molar-refractivity contribution in [3.63, 3.8) is 0 Å². The molecule has 0 amide bonds. The van der Waals surface area contributed by atoms with Crippen molar-refractivity contribution >= 4 is 49.0 Å². The van der Waals surface area contributed by atoms with Crippen LogP contribution in [-0.4, -0.2) is 4.40 Å². The van der Waals surface area contributed by atoms with Gasteiger partial charge in [-0.2, -0.15) is 0 Å². The summed E-state index contributed by atoms with van der Waals surface area (Å²) in [5.41, 5.74) is 9.76. The van der Waals surface area contributed by atoms with Gasteiger partial charge in [0.2, 0.25) is 5.52 Å². The number of hydrogen-bond acceptors (Lipinski definition) is 0. The monoisotopic (exact) mass is 459 g/mol. The highest BCUT2D eigenvalue weighted by atomic mass is 15.0. The van der Waals surface area contributed by atoms with E-state index in [2.05, 4.69) is 91.5 Å². The van der Waals surface area contributed by atoms with E-state index in [1.54, 1.807) is 0 Å². The Hall–Kier alpha value is -3.13.